The van der Waals surface area contributed by atoms with Crippen LogP contribution in [0, 0.1) is 0 Å². The van der Waals surface area contributed by atoms with Gasteiger partial charge in [-0.3, -0.25) is 4.84 Å². The van der Waals surface area contributed by atoms with Crippen molar-refractivity contribution in [2.45, 2.75) is 19.4 Å². The lowest BCUT2D eigenvalue weighted by atomic mass is 10.00. The smallest absolute Gasteiger partial charge is 0.220 e. The van der Waals surface area contributed by atoms with Gasteiger partial charge in [0.15, 0.2) is 0 Å². The van der Waals surface area contributed by atoms with Gasteiger partial charge in [0, 0.05) is 5.56 Å². The van der Waals surface area contributed by atoms with Crippen LogP contribution in [0.5, 0.6) is 5.88 Å². The highest BCUT2D eigenvalue weighted by Gasteiger charge is 2.25. The van der Waals surface area contributed by atoms with Crippen molar-refractivity contribution in [1.82, 2.24) is 4.98 Å². The summed E-state index contributed by atoms with van der Waals surface area (Å²) in [5.74, 6) is 5.61. The number of pyridine rings is 1. The summed E-state index contributed by atoms with van der Waals surface area (Å²) < 4.78 is 5.08. The molecule has 1 aromatic rings. The molecule has 0 radical (unpaired) electrons. The van der Waals surface area contributed by atoms with Crippen LogP contribution in [0.1, 0.15) is 19.4 Å². The molecule has 0 saturated carbocycles. The zero-order valence-electron chi connectivity index (χ0n) is 8.37. The van der Waals surface area contributed by atoms with E-state index in [0.29, 0.717) is 11.0 Å². The first-order valence-corrected chi connectivity index (χ1v) is 4.48. The van der Waals surface area contributed by atoms with E-state index in [0.717, 1.165) is 5.56 Å². The van der Waals surface area contributed by atoms with E-state index in [2.05, 4.69) is 4.98 Å². The molecular formula is C9H13ClN2O2. The van der Waals surface area contributed by atoms with Gasteiger partial charge >= 0.3 is 0 Å². The topological polar surface area (TPSA) is 57.4 Å². The van der Waals surface area contributed by atoms with E-state index in [9.17, 15) is 0 Å². The van der Waals surface area contributed by atoms with Gasteiger partial charge in [-0.25, -0.2) is 10.9 Å². The summed E-state index contributed by atoms with van der Waals surface area (Å²) in [6, 6.07) is 3.45. The molecule has 0 unspecified atom stereocenters. The van der Waals surface area contributed by atoms with Crippen LogP contribution in [-0.2, 0) is 10.4 Å². The van der Waals surface area contributed by atoms with E-state index in [1.165, 1.54) is 7.11 Å². The highest BCUT2D eigenvalue weighted by atomic mass is 35.5. The van der Waals surface area contributed by atoms with E-state index in [1.807, 2.05) is 13.8 Å². The van der Waals surface area contributed by atoms with E-state index < -0.39 is 5.60 Å². The minimum absolute atomic E-state index is 0.374. The summed E-state index contributed by atoms with van der Waals surface area (Å²) in [5.41, 5.74) is 0.107. The first kappa shape index (κ1) is 11.2. The largest absolute Gasteiger partial charge is 0.481 e. The Balaban J connectivity index is 3.20. The molecule has 0 aliphatic rings. The molecule has 0 atom stereocenters. The molecule has 2 N–H and O–H groups in total. The van der Waals surface area contributed by atoms with Crippen LogP contribution in [-0.4, -0.2) is 12.1 Å². The number of hydrogen-bond acceptors (Lipinski definition) is 4. The van der Waals surface area contributed by atoms with Crippen molar-refractivity contribution in [2.75, 3.05) is 7.11 Å². The first-order chi connectivity index (χ1) is 6.51. The van der Waals surface area contributed by atoms with Gasteiger partial charge in [-0.1, -0.05) is 11.6 Å². The standard InChI is InChI=1S/C9H13ClN2O2/c1-9(2,14-11)6-4-5-7(10)12-8(6)13-3/h4-5H,11H2,1-3H3. The third kappa shape index (κ3) is 2.15. The van der Waals surface area contributed by atoms with Crippen molar-refractivity contribution in [3.63, 3.8) is 0 Å². The SMILES string of the molecule is COc1nc(Cl)ccc1C(C)(C)ON. The average molecular weight is 217 g/mol. The van der Waals surface area contributed by atoms with E-state index >= 15 is 0 Å². The first-order valence-electron chi connectivity index (χ1n) is 4.10. The minimum Gasteiger partial charge on any atom is -0.481 e. The second-order valence-electron chi connectivity index (χ2n) is 3.32. The molecular weight excluding hydrogens is 204 g/mol. The van der Waals surface area contributed by atoms with Crippen LogP contribution >= 0.6 is 11.6 Å². The fourth-order valence-electron chi connectivity index (χ4n) is 1.10. The zero-order valence-corrected chi connectivity index (χ0v) is 9.13. The van der Waals surface area contributed by atoms with Gasteiger partial charge < -0.3 is 4.74 Å². The Kier molecular flexibility index (Phi) is 3.31. The van der Waals surface area contributed by atoms with Crippen LogP contribution in [0.2, 0.25) is 5.15 Å². The third-order valence-corrected chi connectivity index (χ3v) is 2.17. The summed E-state index contributed by atoms with van der Waals surface area (Å²) in [6.45, 7) is 3.64. The highest BCUT2D eigenvalue weighted by Crippen LogP contribution is 2.30. The lowest BCUT2D eigenvalue weighted by Crippen LogP contribution is -2.26. The molecule has 0 bridgehead atoms. The Bertz CT molecular complexity index is 329. The van der Waals surface area contributed by atoms with Crippen molar-refractivity contribution in [2.24, 2.45) is 5.90 Å². The maximum Gasteiger partial charge on any atom is 0.220 e. The second-order valence-corrected chi connectivity index (χ2v) is 3.71. The van der Waals surface area contributed by atoms with Crippen molar-refractivity contribution >= 4 is 11.6 Å². The molecule has 0 spiro atoms. The van der Waals surface area contributed by atoms with Crippen LogP contribution in [0.25, 0.3) is 0 Å². The molecule has 0 fully saturated rings. The molecule has 0 aliphatic carbocycles. The van der Waals surface area contributed by atoms with Crippen molar-refractivity contribution in [3.05, 3.63) is 22.8 Å². The maximum absolute atomic E-state index is 5.73. The van der Waals surface area contributed by atoms with Gasteiger partial charge in [0.05, 0.1) is 7.11 Å². The normalized spacial score (nSPS) is 11.5. The molecule has 5 heteroatoms. The summed E-state index contributed by atoms with van der Waals surface area (Å²) in [5, 5.41) is 0.374. The molecule has 0 aromatic carbocycles. The van der Waals surface area contributed by atoms with Crippen molar-refractivity contribution < 1.29 is 9.57 Å². The molecule has 1 rings (SSSR count). The lowest BCUT2D eigenvalue weighted by molar-refractivity contribution is -0.0254. The third-order valence-electron chi connectivity index (χ3n) is 1.96. The predicted molar refractivity (Wildman–Crippen MR) is 54.1 cm³/mol. The van der Waals surface area contributed by atoms with Crippen LogP contribution in [0.3, 0.4) is 0 Å². The Labute approximate surface area is 87.9 Å². The van der Waals surface area contributed by atoms with Crippen molar-refractivity contribution in [3.8, 4) is 5.88 Å². The van der Waals surface area contributed by atoms with Gasteiger partial charge in [0.1, 0.15) is 10.8 Å². The van der Waals surface area contributed by atoms with E-state index in [4.69, 9.17) is 27.1 Å². The fraction of sp³-hybridized carbons (Fsp3) is 0.444. The summed E-state index contributed by atoms with van der Waals surface area (Å²) in [4.78, 5) is 8.86. The number of methoxy groups -OCH3 is 1. The van der Waals surface area contributed by atoms with Gasteiger partial charge in [0.25, 0.3) is 0 Å². The van der Waals surface area contributed by atoms with Crippen LogP contribution in [0.15, 0.2) is 12.1 Å². The summed E-state index contributed by atoms with van der Waals surface area (Å²) in [6.07, 6.45) is 0. The monoisotopic (exact) mass is 216 g/mol. The molecule has 0 aliphatic heterocycles. The van der Waals surface area contributed by atoms with Gasteiger partial charge in [-0.15, -0.1) is 0 Å². The predicted octanol–water partition coefficient (Wildman–Crippen LogP) is 1.87. The van der Waals surface area contributed by atoms with E-state index in [1.54, 1.807) is 12.1 Å². The van der Waals surface area contributed by atoms with Crippen LogP contribution < -0.4 is 10.6 Å². The number of nitrogens with two attached hydrogens (primary N) is 1. The zero-order chi connectivity index (χ0) is 10.8. The highest BCUT2D eigenvalue weighted by molar-refractivity contribution is 6.29. The van der Waals surface area contributed by atoms with Gasteiger partial charge in [-0.05, 0) is 26.0 Å². The van der Waals surface area contributed by atoms with Gasteiger partial charge in [-0.2, -0.15) is 0 Å². The van der Waals surface area contributed by atoms with E-state index in [-0.39, 0.29) is 0 Å². The minimum atomic E-state index is -0.650. The Hall–Kier alpha value is -0.840. The quantitative estimate of drug-likeness (QED) is 0.619. The van der Waals surface area contributed by atoms with Crippen LogP contribution in [0.4, 0.5) is 0 Å². The Morgan fingerprint density at radius 1 is 1.43 bits per heavy atom. The Morgan fingerprint density at radius 2 is 2.07 bits per heavy atom. The number of aromatic nitrogens is 1. The number of ether oxygens (including phenoxy) is 1. The molecule has 14 heavy (non-hydrogen) atoms. The average Bonchev–Trinajstić information content (AvgIpc) is 2.17. The Morgan fingerprint density at radius 3 is 2.57 bits per heavy atom. The second kappa shape index (κ2) is 4.13. The summed E-state index contributed by atoms with van der Waals surface area (Å²) in [7, 11) is 1.52. The number of halogens is 1. The van der Waals surface area contributed by atoms with Gasteiger partial charge in [0.2, 0.25) is 5.88 Å². The molecule has 0 saturated heterocycles. The molecule has 78 valence electrons. The number of rotatable bonds is 3. The number of hydrogen-bond donors (Lipinski definition) is 1. The summed E-state index contributed by atoms with van der Waals surface area (Å²) >= 11 is 5.73. The molecule has 0 amide bonds. The maximum atomic E-state index is 5.73. The molecule has 4 nitrogen and oxygen atoms in total. The van der Waals surface area contributed by atoms with Crippen molar-refractivity contribution in [1.29, 1.82) is 0 Å². The molecule has 1 aromatic heterocycles. The lowest BCUT2D eigenvalue weighted by Gasteiger charge is -2.23. The number of nitrogens with zero attached hydrogens (tertiary/aromatic N) is 1. The fourth-order valence-corrected chi connectivity index (χ4v) is 1.23. The molecule has 1 heterocycles.